The maximum Gasteiger partial charge on any atom is 0.257 e. The summed E-state index contributed by atoms with van der Waals surface area (Å²) in [6, 6.07) is 7.32. The highest BCUT2D eigenvalue weighted by atomic mass is 19.1. The van der Waals surface area contributed by atoms with Gasteiger partial charge < -0.3 is 15.8 Å². The Labute approximate surface area is 109 Å². The van der Waals surface area contributed by atoms with Gasteiger partial charge in [0.2, 0.25) is 5.95 Å². The molecule has 0 saturated carbocycles. The molecule has 1 aromatic carbocycles. The molecule has 1 heterocycles. The maximum absolute atomic E-state index is 12.6. The van der Waals surface area contributed by atoms with E-state index in [0.717, 1.165) is 6.07 Å². The van der Waals surface area contributed by atoms with Crippen molar-refractivity contribution in [1.82, 2.24) is 4.98 Å². The largest absolute Gasteiger partial charge is 0.497 e. The van der Waals surface area contributed by atoms with Gasteiger partial charge >= 0.3 is 0 Å². The molecule has 0 aliphatic carbocycles. The molecule has 98 valence electrons. The molecule has 0 fully saturated rings. The summed E-state index contributed by atoms with van der Waals surface area (Å²) in [5, 5.41) is 2.57. The van der Waals surface area contributed by atoms with Gasteiger partial charge in [-0.15, -0.1) is 0 Å². The Morgan fingerprint density at radius 3 is 2.74 bits per heavy atom. The van der Waals surface area contributed by atoms with Crippen LogP contribution in [0.4, 0.5) is 15.8 Å². The zero-order chi connectivity index (χ0) is 13.8. The van der Waals surface area contributed by atoms with Gasteiger partial charge in [-0.3, -0.25) is 4.79 Å². The molecular formula is C13H12FN3O2. The first-order valence-corrected chi connectivity index (χ1v) is 5.46. The van der Waals surface area contributed by atoms with Crippen molar-refractivity contribution in [2.45, 2.75) is 0 Å². The molecule has 1 amide bonds. The molecule has 1 aromatic heterocycles. The number of nitrogens with zero attached hydrogens (tertiary/aromatic N) is 1. The van der Waals surface area contributed by atoms with Crippen LogP contribution in [0.3, 0.4) is 0 Å². The van der Waals surface area contributed by atoms with E-state index in [1.54, 1.807) is 18.2 Å². The van der Waals surface area contributed by atoms with E-state index in [-0.39, 0.29) is 0 Å². The predicted octanol–water partition coefficient (Wildman–Crippen LogP) is 2.06. The van der Waals surface area contributed by atoms with Gasteiger partial charge in [-0.05, 0) is 24.3 Å². The first-order chi connectivity index (χ1) is 9.10. The topological polar surface area (TPSA) is 77.2 Å². The van der Waals surface area contributed by atoms with Crippen molar-refractivity contribution < 1.29 is 13.9 Å². The van der Waals surface area contributed by atoms with Gasteiger partial charge in [0, 0.05) is 11.8 Å². The van der Waals surface area contributed by atoms with E-state index < -0.39 is 11.9 Å². The molecule has 0 bridgehead atoms. The molecule has 19 heavy (non-hydrogen) atoms. The predicted molar refractivity (Wildman–Crippen MR) is 69.6 cm³/mol. The molecular weight excluding hydrogens is 249 g/mol. The number of hydrogen-bond acceptors (Lipinski definition) is 4. The molecule has 6 heteroatoms. The lowest BCUT2D eigenvalue weighted by atomic mass is 10.1. The molecule has 5 nitrogen and oxygen atoms in total. The van der Waals surface area contributed by atoms with Gasteiger partial charge in [-0.1, -0.05) is 0 Å². The zero-order valence-corrected chi connectivity index (χ0v) is 10.2. The highest BCUT2D eigenvalue weighted by Crippen LogP contribution is 2.20. The van der Waals surface area contributed by atoms with E-state index in [9.17, 15) is 9.18 Å². The van der Waals surface area contributed by atoms with Crippen molar-refractivity contribution in [1.29, 1.82) is 0 Å². The van der Waals surface area contributed by atoms with Crippen LogP contribution in [0.15, 0.2) is 36.5 Å². The van der Waals surface area contributed by atoms with E-state index in [1.807, 2.05) is 0 Å². The van der Waals surface area contributed by atoms with E-state index in [2.05, 4.69) is 10.3 Å². The number of carbonyl (C=O) groups excluding carboxylic acids is 1. The third-order valence-corrected chi connectivity index (χ3v) is 2.49. The van der Waals surface area contributed by atoms with Gasteiger partial charge in [0.15, 0.2) is 0 Å². The van der Waals surface area contributed by atoms with Crippen LogP contribution >= 0.6 is 0 Å². The number of methoxy groups -OCH3 is 1. The van der Waals surface area contributed by atoms with Crippen molar-refractivity contribution >= 4 is 17.3 Å². The van der Waals surface area contributed by atoms with Crippen LogP contribution < -0.4 is 15.8 Å². The molecule has 0 radical (unpaired) electrons. The molecule has 3 N–H and O–H groups in total. The van der Waals surface area contributed by atoms with Crippen LogP contribution in [0, 0.1) is 5.95 Å². The number of halogens is 1. The molecule has 0 saturated heterocycles. The van der Waals surface area contributed by atoms with Crippen molar-refractivity contribution in [3.05, 3.63) is 48.0 Å². The van der Waals surface area contributed by atoms with Crippen LogP contribution in [0.5, 0.6) is 5.75 Å². The first kappa shape index (κ1) is 12.8. The lowest BCUT2D eigenvalue weighted by Gasteiger charge is -2.08. The molecule has 0 atom stereocenters. The molecule has 0 unspecified atom stereocenters. The Hall–Kier alpha value is -2.63. The Morgan fingerprint density at radius 2 is 2.16 bits per heavy atom. The Morgan fingerprint density at radius 1 is 1.37 bits per heavy atom. The number of anilines is 2. The van der Waals surface area contributed by atoms with Gasteiger partial charge in [0.1, 0.15) is 5.75 Å². The first-order valence-electron chi connectivity index (χ1n) is 5.46. The van der Waals surface area contributed by atoms with Crippen LogP contribution in [0.25, 0.3) is 0 Å². The number of nitrogen functional groups attached to an aromatic ring is 1. The summed E-state index contributed by atoms with van der Waals surface area (Å²) < 4.78 is 17.6. The average molecular weight is 261 g/mol. The third kappa shape index (κ3) is 2.98. The quantitative estimate of drug-likeness (QED) is 0.655. The van der Waals surface area contributed by atoms with Crippen LogP contribution in [-0.2, 0) is 0 Å². The van der Waals surface area contributed by atoms with E-state index >= 15 is 0 Å². The minimum absolute atomic E-state index is 0.298. The lowest BCUT2D eigenvalue weighted by Crippen LogP contribution is -2.14. The minimum Gasteiger partial charge on any atom is -0.497 e. The fourth-order valence-corrected chi connectivity index (χ4v) is 1.52. The Bertz CT molecular complexity index is 599. The fourth-order valence-electron chi connectivity index (χ4n) is 1.52. The maximum atomic E-state index is 12.6. The van der Waals surface area contributed by atoms with Gasteiger partial charge in [0.25, 0.3) is 5.91 Å². The SMILES string of the molecule is COc1ccc(C(=O)Nc2ccc(F)nc2)c(N)c1. The molecule has 0 aliphatic rings. The van der Waals surface area contributed by atoms with Crippen LogP contribution in [0.2, 0.25) is 0 Å². The molecule has 2 rings (SSSR count). The standard InChI is InChI=1S/C13H12FN3O2/c1-19-9-3-4-10(11(15)6-9)13(18)17-8-2-5-12(14)16-7-8/h2-7H,15H2,1H3,(H,17,18). The summed E-state index contributed by atoms with van der Waals surface area (Å²) in [7, 11) is 1.51. The molecule has 2 aromatic rings. The monoisotopic (exact) mass is 261 g/mol. The fraction of sp³-hybridized carbons (Fsp3) is 0.0769. The summed E-state index contributed by atoms with van der Waals surface area (Å²) in [6.45, 7) is 0. The lowest BCUT2D eigenvalue weighted by molar-refractivity contribution is 0.102. The van der Waals surface area contributed by atoms with Crippen molar-refractivity contribution in [3.8, 4) is 5.75 Å². The Balaban J connectivity index is 2.18. The van der Waals surface area contributed by atoms with Crippen molar-refractivity contribution in [2.75, 3.05) is 18.2 Å². The summed E-state index contributed by atoms with van der Waals surface area (Å²) >= 11 is 0. The Kier molecular flexibility index (Phi) is 3.61. The summed E-state index contributed by atoms with van der Waals surface area (Å²) in [5.41, 5.74) is 6.76. The number of nitrogens with one attached hydrogen (secondary N) is 1. The van der Waals surface area contributed by atoms with Gasteiger partial charge in [-0.2, -0.15) is 4.39 Å². The van der Waals surface area contributed by atoms with Crippen LogP contribution in [-0.4, -0.2) is 18.0 Å². The normalized spacial score (nSPS) is 10.0. The van der Waals surface area contributed by atoms with Gasteiger partial charge in [-0.25, -0.2) is 4.98 Å². The highest BCUT2D eigenvalue weighted by Gasteiger charge is 2.11. The van der Waals surface area contributed by atoms with E-state index in [4.69, 9.17) is 10.5 Å². The number of benzene rings is 1. The number of hydrogen-bond donors (Lipinski definition) is 2. The number of ether oxygens (including phenoxy) is 1. The third-order valence-electron chi connectivity index (χ3n) is 2.49. The van der Waals surface area contributed by atoms with E-state index in [1.165, 1.54) is 19.4 Å². The number of pyridine rings is 1. The van der Waals surface area contributed by atoms with Crippen molar-refractivity contribution in [2.24, 2.45) is 0 Å². The van der Waals surface area contributed by atoms with E-state index in [0.29, 0.717) is 22.7 Å². The second kappa shape index (κ2) is 5.34. The molecule has 0 aliphatic heterocycles. The highest BCUT2D eigenvalue weighted by molar-refractivity contribution is 6.07. The number of nitrogens with two attached hydrogens (primary N) is 1. The average Bonchev–Trinajstić information content (AvgIpc) is 2.41. The minimum atomic E-state index is -0.609. The number of amides is 1. The summed E-state index contributed by atoms with van der Waals surface area (Å²) in [6.07, 6.45) is 1.23. The molecule has 0 spiro atoms. The summed E-state index contributed by atoms with van der Waals surface area (Å²) in [5.74, 6) is -0.437. The van der Waals surface area contributed by atoms with Crippen molar-refractivity contribution in [3.63, 3.8) is 0 Å². The number of carbonyl (C=O) groups is 1. The number of rotatable bonds is 3. The zero-order valence-electron chi connectivity index (χ0n) is 10.2. The number of aromatic nitrogens is 1. The second-order valence-corrected chi connectivity index (χ2v) is 3.78. The smallest absolute Gasteiger partial charge is 0.257 e. The summed E-state index contributed by atoms with van der Waals surface area (Å²) in [4.78, 5) is 15.4. The van der Waals surface area contributed by atoms with Crippen LogP contribution in [0.1, 0.15) is 10.4 Å². The van der Waals surface area contributed by atoms with Gasteiger partial charge in [0.05, 0.1) is 24.6 Å². The second-order valence-electron chi connectivity index (χ2n) is 3.78.